The van der Waals surface area contributed by atoms with Gasteiger partial charge in [0.05, 0.1) is 0 Å². The molecule has 2 heteroatoms. The fourth-order valence-corrected chi connectivity index (χ4v) is 3.47. The second-order valence-corrected chi connectivity index (χ2v) is 6.17. The van der Waals surface area contributed by atoms with E-state index >= 15 is 0 Å². The lowest BCUT2D eigenvalue weighted by Crippen LogP contribution is -2.35. The molecule has 1 aliphatic rings. The van der Waals surface area contributed by atoms with Gasteiger partial charge < -0.3 is 0 Å². The smallest absolute Gasteiger partial charge is 0.0488 e. The lowest BCUT2D eigenvalue weighted by atomic mass is 9.77. The molecule has 0 bridgehead atoms. The first-order valence-electron chi connectivity index (χ1n) is 7.79. The Hall–Kier alpha value is -0.860. The molecule has 0 amide bonds. The monoisotopic (exact) mass is 260 g/mol. The van der Waals surface area contributed by atoms with Crippen LogP contribution in [0.5, 0.6) is 0 Å². The van der Waals surface area contributed by atoms with Crippen molar-refractivity contribution in [2.24, 2.45) is 17.7 Å². The number of nitrogens with two attached hydrogens (primary N) is 1. The Balaban J connectivity index is 2.07. The Kier molecular flexibility index (Phi) is 5.41. The highest BCUT2D eigenvalue weighted by molar-refractivity contribution is 5.25. The molecule has 3 unspecified atom stereocenters. The molecule has 3 N–H and O–H groups in total. The maximum Gasteiger partial charge on any atom is 0.0488 e. The van der Waals surface area contributed by atoms with E-state index in [2.05, 4.69) is 43.5 Å². The van der Waals surface area contributed by atoms with Gasteiger partial charge in [0.1, 0.15) is 0 Å². The Morgan fingerprint density at radius 2 is 2.00 bits per heavy atom. The van der Waals surface area contributed by atoms with Gasteiger partial charge in [-0.2, -0.15) is 0 Å². The zero-order valence-electron chi connectivity index (χ0n) is 12.4. The molecule has 1 aromatic carbocycles. The van der Waals surface area contributed by atoms with E-state index in [1.807, 2.05) is 0 Å². The molecule has 0 spiro atoms. The van der Waals surface area contributed by atoms with Crippen LogP contribution in [0, 0.1) is 11.8 Å². The second kappa shape index (κ2) is 7.06. The number of hydrogen-bond donors (Lipinski definition) is 2. The topological polar surface area (TPSA) is 38.0 Å². The summed E-state index contributed by atoms with van der Waals surface area (Å²) in [6.07, 6.45) is 7.70. The van der Waals surface area contributed by atoms with Gasteiger partial charge in [0.15, 0.2) is 0 Å². The minimum Gasteiger partial charge on any atom is -0.271 e. The number of benzene rings is 1. The summed E-state index contributed by atoms with van der Waals surface area (Å²) in [4.78, 5) is 0. The molecule has 0 radical (unpaired) electrons. The zero-order valence-corrected chi connectivity index (χ0v) is 12.4. The van der Waals surface area contributed by atoms with Crippen LogP contribution in [-0.4, -0.2) is 0 Å². The van der Waals surface area contributed by atoms with E-state index in [1.54, 1.807) is 0 Å². The standard InChI is InChI=1S/C17H28N2/c1-3-5-14-8-10-15(11-9-14)17(19-18)16-7-4-6-13(2)12-16/h8-11,13,16-17,19H,3-7,12,18H2,1-2H3. The third-order valence-electron chi connectivity index (χ3n) is 4.51. The minimum absolute atomic E-state index is 0.318. The molecule has 106 valence electrons. The molecule has 0 aliphatic heterocycles. The van der Waals surface area contributed by atoms with E-state index in [1.165, 1.54) is 49.7 Å². The summed E-state index contributed by atoms with van der Waals surface area (Å²) in [5.41, 5.74) is 5.84. The van der Waals surface area contributed by atoms with Crippen molar-refractivity contribution in [3.8, 4) is 0 Å². The van der Waals surface area contributed by atoms with Crippen LogP contribution in [0.15, 0.2) is 24.3 Å². The van der Waals surface area contributed by atoms with Crippen LogP contribution >= 0.6 is 0 Å². The Morgan fingerprint density at radius 3 is 2.58 bits per heavy atom. The molecule has 0 saturated heterocycles. The van der Waals surface area contributed by atoms with Crippen molar-refractivity contribution in [3.05, 3.63) is 35.4 Å². The molecule has 19 heavy (non-hydrogen) atoms. The predicted molar refractivity (Wildman–Crippen MR) is 81.6 cm³/mol. The summed E-state index contributed by atoms with van der Waals surface area (Å²) >= 11 is 0. The zero-order chi connectivity index (χ0) is 13.7. The highest BCUT2D eigenvalue weighted by atomic mass is 15.2. The fourth-order valence-electron chi connectivity index (χ4n) is 3.47. The maximum absolute atomic E-state index is 5.83. The minimum atomic E-state index is 0.318. The first kappa shape index (κ1) is 14.5. The predicted octanol–water partition coefficient (Wildman–Crippen LogP) is 3.97. The summed E-state index contributed by atoms with van der Waals surface area (Å²) in [5.74, 6) is 7.36. The van der Waals surface area contributed by atoms with Crippen LogP contribution in [-0.2, 0) is 6.42 Å². The average molecular weight is 260 g/mol. The average Bonchev–Trinajstić information content (AvgIpc) is 2.42. The Bertz CT molecular complexity index is 371. The van der Waals surface area contributed by atoms with Gasteiger partial charge >= 0.3 is 0 Å². The molecule has 1 aliphatic carbocycles. The van der Waals surface area contributed by atoms with Crippen molar-refractivity contribution in [2.75, 3.05) is 0 Å². The van der Waals surface area contributed by atoms with E-state index < -0.39 is 0 Å². The normalized spacial score (nSPS) is 25.2. The molecule has 2 rings (SSSR count). The largest absolute Gasteiger partial charge is 0.271 e. The van der Waals surface area contributed by atoms with E-state index in [4.69, 9.17) is 5.84 Å². The molecular weight excluding hydrogens is 232 g/mol. The highest BCUT2D eigenvalue weighted by Gasteiger charge is 2.26. The highest BCUT2D eigenvalue weighted by Crippen LogP contribution is 2.36. The number of hydrazine groups is 1. The summed E-state index contributed by atoms with van der Waals surface area (Å²) in [5, 5.41) is 0. The SMILES string of the molecule is CCCc1ccc(C(NN)C2CCCC(C)C2)cc1. The van der Waals surface area contributed by atoms with Gasteiger partial charge in [0.25, 0.3) is 0 Å². The quantitative estimate of drug-likeness (QED) is 0.621. The van der Waals surface area contributed by atoms with Crippen molar-refractivity contribution in [2.45, 2.75) is 58.4 Å². The first-order chi connectivity index (χ1) is 9.24. The lowest BCUT2D eigenvalue weighted by molar-refractivity contribution is 0.224. The van der Waals surface area contributed by atoms with Crippen LogP contribution in [0.25, 0.3) is 0 Å². The van der Waals surface area contributed by atoms with Crippen molar-refractivity contribution in [1.82, 2.24) is 5.43 Å². The fraction of sp³-hybridized carbons (Fsp3) is 0.647. The molecule has 1 saturated carbocycles. The molecule has 1 aromatic rings. The van der Waals surface area contributed by atoms with Crippen molar-refractivity contribution in [1.29, 1.82) is 0 Å². The number of aryl methyl sites for hydroxylation is 1. The molecule has 1 fully saturated rings. The van der Waals surface area contributed by atoms with Gasteiger partial charge in [-0.1, -0.05) is 57.4 Å². The molecule has 2 nitrogen and oxygen atoms in total. The van der Waals surface area contributed by atoms with Gasteiger partial charge in [-0.25, -0.2) is 0 Å². The Labute approximate surface area is 117 Å². The summed E-state index contributed by atoms with van der Waals surface area (Å²) in [7, 11) is 0. The van der Waals surface area contributed by atoms with Gasteiger partial charge in [-0.05, 0) is 42.2 Å². The van der Waals surface area contributed by atoms with E-state index in [0.29, 0.717) is 12.0 Å². The van der Waals surface area contributed by atoms with Crippen molar-refractivity contribution in [3.63, 3.8) is 0 Å². The first-order valence-corrected chi connectivity index (χ1v) is 7.79. The van der Waals surface area contributed by atoms with E-state index in [9.17, 15) is 0 Å². The Morgan fingerprint density at radius 1 is 1.26 bits per heavy atom. The number of rotatable bonds is 5. The molecule has 0 aromatic heterocycles. The van der Waals surface area contributed by atoms with Crippen LogP contribution < -0.4 is 11.3 Å². The van der Waals surface area contributed by atoms with Crippen LogP contribution in [0.1, 0.15) is 63.1 Å². The van der Waals surface area contributed by atoms with Crippen LogP contribution in [0.4, 0.5) is 0 Å². The van der Waals surface area contributed by atoms with Crippen LogP contribution in [0.2, 0.25) is 0 Å². The second-order valence-electron chi connectivity index (χ2n) is 6.17. The van der Waals surface area contributed by atoms with E-state index in [0.717, 1.165) is 5.92 Å². The molecule has 3 atom stereocenters. The lowest BCUT2D eigenvalue weighted by Gasteiger charge is -2.33. The number of nitrogens with one attached hydrogen (secondary N) is 1. The van der Waals surface area contributed by atoms with Crippen molar-refractivity contribution < 1.29 is 0 Å². The third-order valence-corrected chi connectivity index (χ3v) is 4.51. The molecule has 0 heterocycles. The third kappa shape index (κ3) is 3.80. The van der Waals surface area contributed by atoms with Gasteiger partial charge in [-0.3, -0.25) is 11.3 Å². The summed E-state index contributed by atoms with van der Waals surface area (Å²) < 4.78 is 0. The number of hydrogen-bond acceptors (Lipinski definition) is 2. The van der Waals surface area contributed by atoms with Gasteiger partial charge in [-0.15, -0.1) is 0 Å². The van der Waals surface area contributed by atoms with Gasteiger partial charge in [0.2, 0.25) is 0 Å². The van der Waals surface area contributed by atoms with E-state index in [-0.39, 0.29) is 0 Å². The summed E-state index contributed by atoms with van der Waals surface area (Å²) in [6, 6.07) is 9.35. The summed E-state index contributed by atoms with van der Waals surface area (Å²) in [6.45, 7) is 4.59. The van der Waals surface area contributed by atoms with Crippen molar-refractivity contribution >= 4 is 0 Å². The van der Waals surface area contributed by atoms with Crippen LogP contribution in [0.3, 0.4) is 0 Å². The maximum atomic E-state index is 5.83. The molecular formula is C17H28N2. The van der Waals surface area contributed by atoms with Gasteiger partial charge in [0, 0.05) is 6.04 Å².